The molecule has 36 heavy (non-hydrogen) atoms. The van der Waals surface area contributed by atoms with E-state index >= 15 is 0 Å². The molecular weight excluding hydrogens is 480 g/mol. The van der Waals surface area contributed by atoms with E-state index in [0.717, 1.165) is 23.1 Å². The first-order chi connectivity index (χ1) is 17.3. The Morgan fingerprint density at radius 2 is 1.53 bits per heavy atom. The van der Waals surface area contributed by atoms with Crippen molar-refractivity contribution in [3.05, 3.63) is 83.4 Å². The fraction of sp³-hybridized carbons (Fsp3) is 0.222. The van der Waals surface area contributed by atoms with Gasteiger partial charge in [-0.2, -0.15) is 0 Å². The second-order valence-corrected chi connectivity index (χ2v) is 9.90. The van der Waals surface area contributed by atoms with Gasteiger partial charge in [-0.15, -0.1) is 0 Å². The van der Waals surface area contributed by atoms with Crippen LogP contribution in [0.3, 0.4) is 0 Å². The van der Waals surface area contributed by atoms with Crippen LogP contribution in [-0.4, -0.2) is 47.1 Å². The first-order valence-electron chi connectivity index (χ1n) is 11.3. The highest BCUT2D eigenvalue weighted by molar-refractivity contribution is 7.92. The van der Waals surface area contributed by atoms with E-state index in [0.29, 0.717) is 36.0 Å². The first kappa shape index (κ1) is 25.1. The minimum Gasteiger partial charge on any atom is -0.497 e. The molecule has 0 saturated carbocycles. The lowest BCUT2D eigenvalue weighted by Crippen LogP contribution is -2.34. The summed E-state index contributed by atoms with van der Waals surface area (Å²) in [5.41, 5.74) is 3.32. The largest absolute Gasteiger partial charge is 0.497 e. The SMILES string of the molecule is COc1ccc(NS(=O)(=O)c2ccc(C=CC(=O)N3CCc4cc(OC)c(OC)cc4C3)cc2)cc1. The number of sulfonamides is 1. The number of ether oxygens (including phenoxy) is 3. The van der Waals surface area contributed by atoms with Gasteiger partial charge in [-0.3, -0.25) is 9.52 Å². The van der Waals surface area contributed by atoms with Crippen molar-refractivity contribution in [2.24, 2.45) is 0 Å². The predicted molar refractivity (Wildman–Crippen MR) is 138 cm³/mol. The monoisotopic (exact) mass is 508 g/mol. The molecule has 0 atom stereocenters. The number of rotatable bonds is 8. The van der Waals surface area contributed by atoms with Crippen LogP contribution in [0.4, 0.5) is 5.69 Å². The molecule has 9 heteroatoms. The molecule has 1 N–H and O–H groups in total. The summed E-state index contributed by atoms with van der Waals surface area (Å²) >= 11 is 0. The van der Waals surface area contributed by atoms with E-state index < -0.39 is 10.0 Å². The highest BCUT2D eigenvalue weighted by atomic mass is 32.2. The van der Waals surface area contributed by atoms with Gasteiger partial charge in [0.2, 0.25) is 5.91 Å². The Kier molecular flexibility index (Phi) is 7.49. The van der Waals surface area contributed by atoms with Crippen LogP contribution in [0.2, 0.25) is 0 Å². The van der Waals surface area contributed by atoms with Crippen LogP contribution in [0.1, 0.15) is 16.7 Å². The summed E-state index contributed by atoms with van der Waals surface area (Å²) in [5.74, 6) is 1.84. The first-order valence-corrected chi connectivity index (χ1v) is 12.8. The molecule has 0 bridgehead atoms. The fourth-order valence-corrected chi connectivity index (χ4v) is 5.03. The molecule has 0 unspecified atom stereocenters. The van der Waals surface area contributed by atoms with Gasteiger partial charge in [-0.1, -0.05) is 12.1 Å². The highest BCUT2D eigenvalue weighted by Crippen LogP contribution is 2.33. The van der Waals surface area contributed by atoms with Crippen LogP contribution in [0.15, 0.2) is 71.6 Å². The highest BCUT2D eigenvalue weighted by Gasteiger charge is 2.21. The van der Waals surface area contributed by atoms with Gasteiger partial charge in [0.05, 0.1) is 26.2 Å². The molecule has 0 saturated heterocycles. The summed E-state index contributed by atoms with van der Waals surface area (Å²) in [6.45, 7) is 1.08. The zero-order chi connectivity index (χ0) is 25.7. The van der Waals surface area contributed by atoms with E-state index in [1.54, 1.807) is 68.7 Å². The fourth-order valence-electron chi connectivity index (χ4n) is 3.98. The minimum absolute atomic E-state index is 0.117. The lowest BCUT2D eigenvalue weighted by Gasteiger charge is -2.28. The molecule has 0 spiro atoms. The van der Waals surface area contributed by atoms with Crippen molar-refractivity contribution in [1.29, 1.82) is 0 Å². The van der Waals surface area contributed by atoms with E-state index in [2.05, 4.69) is 4.72 Å². The second kappa shape index (κ2) is 10.7. The van der Waals surface area contributed by atoms with Gasteiger partial charge < -0.3 is 19.1 Å². The normalized spacial score (nSPS) is 13.2. The van der Waals surface area contributed by atoms with Crippen molar-refractivity contribution >= 4 is 27.7 Å². The Morgan fingerprint density at radius 1 is 0.889 bits per heavy atom. The Morgan fingerprint density at radius 3 is 2.14 bits per heavy atom. The third-order valence-electron chi connectivity index (χ3n) is 5.98. The molecule has 1 amide bonds. The van der Waals surface area contributed by atoms with E-state index in [1.165, 1.54) is 18.2 Å². The number of nitrogens with one attached hydrogen (secondary N) is 1. The molecule has 8 nitrogen and oxygen atoms in total. The molecule has 0 aliphatic carbocycles. The lowest BCUT2D eigenvalue weighted by atomic mass is 9.98. The maximum absolute atomic E-state index is 12.8. The number of benzene rings is 3. The Bertz CT molecular complexity index is 1370. The van der Waals surface area contributed by atoms with Gasteiger partial charge in [0.25, 0.3) is 10.0 Å². The van der Waals surface area contributed by atoms with Crippen molar-refractivity contribution < 1.29 is 27.4 Å². The van der Waals surface area contributed by atoms with E-state index in [9.17, 15) is 13.2 Å². The lowest BCUT2D eigenvalue weighted by molar-refractivity contribution is -0.126. The zero-order valence-electron chi connectivity index (χ0n) is 20.4. The number of carbonyl (C=O) groups is 1. The number of amides is 1. The van der Waals surface area contributed by atoms with Crippen LogP contribution < -0.4 is 18.9 Å². The Labute approximate surface area is 211 Å². The van der Waals surface area contributed by atoms with Crippen LogP contribution >= 0.6 is 0 Å². The smallest absolute Gasteiger partial charge is 0.261 e. The summed E-state index contributed by atoms with van der Waals surface area (Å²) in [4.78, 5) is 14.7. The van der Waals surface area contributed by atoms with Gasteiger partial charge in [-0.05, 0) is 77.7 Å². The molecule has 1 aliphatic heterocycles. The third-order valence-corrected chi connectivity index (χ3v) is 7.38. The molecular formula is C27H28N2O6S. The molecule has 0 fully saturated rings. The molecule has 188 valence electrons. The van der Waals surface area contributed by atoms with Gasteiger partial charge >= 0.3 is 0 Å². The van der Waals surface area contributed by atoms with E-state index in [1.807, 2.05) is 12.1 Å². The van der Waals surface area contributed by atoms with Gasteiger partial charge in [0, 0.05) is 24.9 Å². The standard InChI is InChI=1S/C27H28N2O6S/c1-33-23-9-7-22(8-10-23)28-36(31,32)24-11-4-19(5-12-24)6-13-27(30)29-15-14-20-16-25(34-2)26(35-3)17-21(20)18-29/h4-13,16-17,28H,14-15,18H2,1-3H3. The summed E-state index contributed by atoms with van der Waals surface area (Å²) in [7, 11) is 0.990. The predicted octanol–water partition coefficient (Wildman–Crippen LogP) is 4.11. The number of fused-ring (bicyclic) bond motifs is 1. The number of methoxy groups -OCH3 is 3. The number of hydrogen-bond acceptors (Lipinski definition) is 6. The van der Waals surface area contributed by atoms with Crippen molar-refractivity contribution in [2.45, 2.75) is 17.9 Å². The van der Waals surface area contributed by atoms with Gasteiger partial charge in [0.1, 0.15) is 5.75 Å². The number of hydrogen-bond donors (Lipinski definition) is 1. The summed E-state index contributed by atoms with van der Waals surface area (Å²) in [5, 5.41) is 0. The Hall–Kier alpha value is -3.98. The zero-order valence-corrected chi connectivity index (χ0v) is 21.2. The van der Waals surface area contributed by atoms with Gasteiger partial charge in [0.15, 0.2) is 11.5 Å². The van der Waals surface area contributed by atoms with Crippen molar-refractivity contribution in [3.8, 4) is 17.2 Å². The van der Waals surface area contributed by atoms with Crippen molar-refractivity contribution in [1.82, 2.24) is 4.90 Å². The van der Waals surface area contributed by atoms with E-state index in [-0.39, 0.29) is 10.8 Å². The number of nitrogens with zero attached hydrogens (tertiary/aromatic N) is 1. The molecule has 4 rings (SSSR count). The average molecular weight is 509 g/mol. The minimum atomic E-state index is -3.75. The van der Waals surface area contributed by atoms with Crippen LogP contribution in [-0.2, 0) is 27.8 Å². The maximum Gasteiger partial charge on any atom is 0.261 e. The van der Waals surface area contributed by atoms with Gasteiger partial charge in [-0.25, -0.2) is 8.42 Å². The quantitative estimate of drug-likeness (QED) is 0.460. The Balaban J connectivity index is 1.40. The van der Waals surface area contributed by atoms with Crippen molar-refractivity contribution in [2.75, 3.05) is 32.6 Å². The van der Waals surface area contributed by atoms with Crippen LogP contribution in [0.25, 0.3) is 6.08 Å². The van der Waals surface area contributed by atoms with E-state index in [4.69, 9.17) is 14.2 Å². The average Bonchev–Trinajstić information content (AvgIpc) is 2.91. The maximum atomic E-state index is 12.8. The summed E-state index contributed by atoms with van der Waals surface area (Å²) in [6.07, 6.45) is 3.91. The molecule has 1 aliphatic rings. The second-order valence-electron chi connectivity index (χ2n) is 8.22. The summed E-state index contributed by atoms with van der Waals surface area (Å²) in [6, 6.07) is 16.8. The third kappa shape index (κ3) is 5.63. The van der Waals surface area contributed by atoms with Crippen LogP contribution in [0, 0.1) is 0 Å². The molecule has 3 aromatic carbocycles. The van der Waals surface area contributed by atoms with Crippen LogP contribution in [0.5, 0.6) is 17.2 Å². The summed E-state index contributed by atoms with van der Waals surface area (Å²) < 4.78 is 43.8. The number of anilines is 1. The van der Waals surface area contributed by atoms with Crippen molar-refractivity contribution in [3.63, 3.8) is 0 Å². The number of carbonyl (C=O) groups excluding carboxylic acids is 1. The molecule has 1 heterocycles. The molecule has 0 aromatic heterocycles. The topological polar surface area (TPSA) is 94.2 Å². The molecule has 0 radical (unpaired) electrons. The molecule has 3 aromatic rings.